The number of carbonyl (C=O) groups excluding carboxylic acids is 1. The van der Waals surface area contributed by atoms with Gasteiger partial charge in [-0.1, -0.05) is 59.8 Å². The second-order valence-corrected chi connectivity index (χ2v) is 8.94. The molecule has 0 saturated carbocycles. The van der Waals surface area contributed by atoms with Crippen LogP contribution in [0.3, 0.4) is 0 Å². The molecule has 0 saturated heterocycles. The Kier molecular flexibility index (Phi) is 6.42. The Hall–Kier alpha value is -3.38. The summed E-state index contributed by atoms with van der Waals surface area (Å²) in [6.07, 6.45) is 0. The molecular weight excluding hydrogens is 418 g/mol. The molecule has 1 aromatic heterocycles. The zero-order valence-electron chi connectivity index (χ0n) is 18.4. The van der Waals surface area contributed by atoms with Crippen molar-refractivity contribution < 1.29 is 4.79 Å². The minimum atomic E-state index is -0.135. The maximum atomic E-state index is 13.2. The van der Waals surface area contributed by atoms with Crippen molar-refractivity contribution in [1.82, 2.24) is 9.55 Å². The molecule has 0 aliphatic carbocycles. The standard InChI is InChI=1S/C26H25N3O2S/c1-17-8-10-20(11-9-17)15-29-25(31)22-6-4-5-7-23(22)28-26(29)32-16-24(30)27-21-13-18(2)12-19(3)14-21/h4-14H,15-16H2,1-3H3,(H,27,30). The molecule has 1 amide bonds. The van der Waals surface area contributed by atoms with Gasteiger partial charge >= 0.3 is 0 Å². The molecule has 162 valence electrons. The van der Waals surface area contributed by atoms with Crippen LogP contribution in [0.15, 0.2) is 76.7 Å². The molecular formula is C26H25N3O2S. The van der Waals surface area contributed by atoms with Gasteiger partial charge in [0.1, 0.15) is 0 Å². The Morgan fingerprint density at radius 2 is 1.62 bits per heavy atom. The number of para-hydroxylation sites is 1. The summed E-state index contributed by atoms with van der Waals surface area (Å²) in [5.41, 5.74) is 5.67. The summed E-state index contributed by atoms with van der Waals surface area (Å²) in [5, 5.41) is 4.05. The SMILES string of the molecule is Cc1ccc(Cn2c(SCC(=O)Nc3cc(C)cc(C)c3)nc3ccccc3c2=O)cc1. The monoisotopic (exact) mass is 443 g/mol. The summed E-state index contributed by atoms with van der Waals surface area (Å²) >= 11 is 1.27. The Bertz CT molecular complexity index is 1320. The summed E-state index contributed by atoms with van der Waals surface area (Å²) in [4.78, 5) is 30.6. The smallest absolute Gasteiger partial charge is 0.262 e. The van der Waals surface area contributed by atoms with Crippen LogP contribution in [0.1, 0.15) is 22.3 Å². The molecule has 32 heavy (non-hydrogen) atoms. The molecule has 1 heterocycles. The van der Waals surface area contributed by atoms with E-state index in [0.717, 1.165) is 27.9 Å². The number of rotatable bonds is 6. The summed E-state index contributed by atoms with van der Waals surface area (Å²) < 4.78 is 1.65. The van der Waals surface area contributed by atoms with Crippen LogP contribution in [0.4, 0.5) is 5.69 Å². The van der Waals surface area contributed by atoms with E-state index in [1.807, 2.05) is 75.4 Å². The van der Waals surface area contributed by atoms with E-state index in [0.29, 0.717) is 22.6 Å². The number of nitrogens with one attached hydrogen (secondary N) is 1. The van der Waals surface area contributed by atoms with E-state index in [9.17, 15) is 9.59 Å². The van der Waals surface area contributed by atoms with Gasteiger partial charge < -0.3 is 5.32 Å². The molecule has 0 fully saturated rings. The topological polar surface area (TPSA) is 64.0 Å². The average molecular weight is 444 g/mol. The number of anilines is 1. The molecule has 0 radical (unpaired) electrons. The molecule has 1 N–H and O–H groups in total. The number of aryl methyl sites for hydroxylation is 3. The summed E-state index contributed by atoms with van der Waals surface area (Å²) in [6, 6.07) is 21.3. The first-order valence-electron chi connectivity index (χ1n) is 10.4. The van der Waals surface area contributed by atoms with Gasteiger partial charge in [-0.3, -0.25) is 14.2 Å². The van der Waals surface area contributed by atoms with Crippen molar-refractivity contribution in [2.24, 2.45) is 0 Å². The largest absolute Gasteiger partial charge is 0.325 e. The predicted octanol–water partition coefficient (Wildman–Crippen LogP) is 5.10. The van der Waals surface area contributed by atoms with Crippen LogP contribution >= 0.6 is 11.8 Å². The molecule has 6 heteroatoms. The van der Waals surface area contributed by atoms with E-state index in [2.05, 4.69) is 11.4 Å². The number of carbonyl (C=O) groups is 1. The fraction of sp³-hybridized carbons (Fsp3) is 0.192. The zero-order chi connectivity index (χ0) is 22.7. The molecule has 0 aliphatic rings. The fourth-order valence-corrected chi connectivity index (χ4v) is 4.45. The number of aromatic nitrogens is 2. The Labute approximate surface area is 191 Å². The van der Waals surface area contributed by atoms with E-state index in [4.69, 9.17) is 4.98 Å². The summed E-state index contributed by atoms with van der Waals surface area (Å²) in [5.74, 6) is 0.0235. The van der Waals surface area contributed by atoms with E-state index < -0.39 is 0 Å². The molecule has 0 atom stereocenters. The Balaban J connectivity index is 1.60. The third-order valence-electron chi connectivity index (χ3n) is 5.13. The number of hydrogen-bond acceptors (Lipinski definition) is 4. The first-order valence-corrected chi connectivity index (χ1v) is 11.4. The summed E-state index contributed by atoms with van der Waals surface area (Å²) in [6.45, 7) is 6.43. The lowest BCUT2D eigenvalue weighted by atomic mass is 10.1. The van der Waals surface area contributed by atoms with Crippen molar-refractivity contribution in [1.29, 1.82) is 0 Å². The lowest BCUT2D eigenvalue weighted by Gasteiger charge is -2.14. The highest BCUT2D eigenvalue weighted by molar-refractivity contribution is 7.99. The second kappa shape index (κ2) is 9.40. The lowest BCUT2D eigenvalue weighted by Crippen LogP contribution is -2.25. The maximum absolute atomic E-state index is 13.2. The van der Waals surface area contributed by atoms with E-state index in [1.165, 1.54) is 11.8 Å². The molecule has 3 aromatic carbocycles. The number of thioether (sulfide) groups is 1. The summed E-state index contributed by atoms with van der Waals surface area (Å²) in [7, 11) is 0. The minimum absolute atomic E-state index is 0.103. The highest BCUT2D eigenvalue weighted by Gasteiger charge is 2.14. The van der Waals surface area contributed by atoms with Gasteiger partial charge in [0.05, 0.1) is 23.2 Å². The predicted molar refractivity (Wildman–Crippen MR) is 132 cm³/mol. The molecule has 0 spiro atoms. The molecule has 5 nitrogen and oxygen atoms in total. The van der Waals surface area contributed by atoms with Crippen LogP contribution in [-0.4, -0.2) is 21.2 Å². The Morgan fingerprint density at radius 1 is 0.938 bits per heavy atom. The van der Waals surface area contributed by atoms with Crippen LogP contribution in [-0.2, 0) is 11.3 Å². The zero-order valence-corrected chi connectivity index (χ0v) is 19.2. The third-order valence-corrected chi connectivity index (χ3v) is 6.10. The van der Waals surface area contributed by atoms with Crippen LogP contribution < -0.4 is 10.9 Å². The van der Waals surface area contributed by atoms with E-state index in [-0.39, 0.29) is 17.2 Å². The van der Waals surface area contributed by atoms with Crippen LogP contribution in [0.5, 0.6) is 0 Å². The highest BCUT2D eigenvalue weighted by atomic mass is 32.2. The average Bonchev–Trinajstić information content (AvgIpc) is 2.75. The number of benzene rings is 3. The molecule has 4 aromatic rings. The van der Waals surface area contributed by atoms with E-state index >= 15 is 0 Å². The van der Waals surface area contributed by atoms with Crippen molar-refractivity contribution in [3.63, 3.8) is 0 Å². The van der Waals surface area contributed by atoms with Crippen molar-refractivity contribution >= 4 is 34.3 Å². The van der Waals surface area contributed by atoms with Crippen molar-refractivity contribution in [2.45, 2.75) is 32.5 Å². The van der Waals surface area contributed by atoms with Crippen LogP contribution in [0, 0.1) is 20.8 Å². The van der Waals surface area contributed by atoms with Gasteiger partial charge in [-0.25, -0.2) is 4.98 Å². The van der Waals surface area contributed by atoms with Gasteiger partial charge in [-0.15, -0.1) is 0 Å². The minimum Gasteiger partial charge on any atom is -0.325 e. The fourth-order valence-electron chi connectivity index (χ4n) is 3.65. The van der Waals surface area contributed by atoms with Crippen molar-refractivity contribution in [3.05, 3.63) is 99.3 Å². The number of hydrogen-bond donors (Lipinski definition) is 1. The maximum Gasteiger partial charge on any atom is 0.262 e. The number of fused-ring (bicyclic) bond motifs is 1. The lowest BCUT2D eigenvalue weighted by molar-refractivity contribution is -0.113. The van der Waals surface area contributed by atoms with Gasteiger partial charge in [0.25, 0.3) is 5.56 Å². The normalized spacial score (nSPS) is 11.0. The highest BCUT2D eigenvalue weighted by Crippen LogP contribution is 2.20. The van der Waals surface area contributed by atoms with Crippen LogP contribution in [0.2, 0.25) is 0 Å². The van der Waals surface area contributed by atoms with Gasteiger partial charge in [-0.2, -0.15) is 0 Å². The first kappa shape index (κ1) is 21.8. The van der Waals surface area contributed by atoms with Crippen LogP contribution in [0.25, 0.3) is 10.9 Å². The van der Waals surface area contributed by atoms with Gasteiger partial charge in [0.15, 0.2) is 5.16 Å². The quantitative estimate of drug-likeness (QED) is 0.333. The second-order valence-electron chi connectivity index (χ2n) is 8.00. The molecule has 4 rings (SSSR count). The van der Waals surface area contributed by atoms with Gasteiger partial charge in [0, 0.05) is 5.69 Å². The number of nitrogens with zero attached hydrogens (tertiary/aromatic N) is 2. The van der Waals surface area contributed by atoms with E-state index in [1.54, 1.807) is 10.6 Å². The molecule has 0 bridgehead atoms. The first-order chi connectivity index (χ1) is 15.4. The van der Waals surface area contributed by atoms with Crippen molar-refractivity contribution in [2.75, 3.05) is 11.1 Å². The molecule has 0 aliphatic heterocycles. The number of amides is 1. The van der Waals surface area contributed by atoms with Crippen molar-refractivity contribution in [3.8, 4) is 0 Å². The van der Waals surface area contributed by atoms with Gasteiger partial charge in [-0.05, 0) is 61.7 Å². The third kappa shape index (κ3) is 5.08. The van der Waals surface area contributed by atoms with Gasteiger partial charge in [0.2, 0.25) is 5.91 Å². The Morgan fingerprint density at radius 3 is 2.34 bits per heavy atom. The molecule has 0 unspecified atom stereocenters.